The Morgan fingerprint density at radius 1 is 1.17 bits per heavy atom. The smallest absolute Gasteiger partial charge is 0.462 e. The summed E-state index contributed by atoms with van der Waals surface area (Å²) < 4.78 is 26.1. The topological polar surface area (TPSA) is 92.1 Å². The van der Waals surface area contributed by atoms with Crippen LogP contribution >= 0.6 is 11.6 Å². The van der Waals surface area contributed by atoms with Crippen molar-refractivity contribution in [1.29, 1.82) is 0 Å². The third-order valence-corrected chi connectivity index (χ3v) is 8.51. The van der Waals surface area contributed by atoms with Crippen LogP contribution < -0.4 is 15.8 Å². The third kappa shape index (κ3) is 5.63. The summed E-state index contributed by atoms with van der Waals surface area (Å²) in [6.07, 6.45) is 5.30. The second-order valence-electron chi connectivity index (χ2n) is 11.9. The van der Waals surface area contributed by atoms with E-state index >= 15 is 0 Å². The fourth-order valence-corrected chi connectivity index (χ4v) is 5.15. The second-order valence-corrected chi connectivity index (χ2v) is 12.3. The first-order valence-corrected chi connectivity index (χ1v) is 14.3. The molecule has 1 aliphatic heterocycles. The zero-order chi connectivity index (χ0) is 29.7. The maximum absolute atomic E-state index is 13.4. The molecule has 11 heteroatoms. The van der Waals surface area contributed by atoms with Crippen molar-refractivity contribution in [1.82, 2.24) is 9.55 Å². The quantitative estimate of drug-likeness (QED) is 0.267. The number of halogens is 1. The number of anilines is 1. The van der Waals surface area contributed by atoms with Gasteiger partial charge in [0.15, 0.2) is 0 Å². The molecule has 5 rings (SSSR count). The van der Waals surface area contributed by atoms with Gasteiger partial charge in [-0.15, -0.1) is 0 Å². The molecule has 0 bridgehead atoms. The van der Waals surface area contributed by atoms with Crippen molar-refractivity contribution in [3.05, 3.63) is 62.5 Å². The molecule has 1 saturated carbocycles. The lowest BCUT2D eigenvalue weighted by Gasteiger charge is -2.32. The minimum Gasteiger partial charge on any atom is -0.462 e. The Labute approximate surface area is 245 Å². The van der Waals surface area contributed by atoms with Crippen molar-refractivity contribution < 1.29 is 23.6 Å². The molecule has 2 aromatic heterocycles. The van der Waals surface area contributed by atoms with E-state index in [9.17, 15) is 9.59 Å². The fourth-order valence-electron chi connectivity index (χ4n) is 4.94. The van der Waals surface area contributed by atoms with E-state index in [4.69, 9.17) is 30.4 Å². The molecule has 0 spiro atoms. The van der Waals surface area contributed by atoms with Gasteiger partial charge in [0.2, 0.25) is 5.43 Å². The van der Waals surface area contributed by atoms with Crippen LogP contribution in [0.5, 0.6) is 0 Å². The van der Waals surface area contributed by atoms with Gasteiger partial charge < -0.3 is 28.2 Å². The van der Waals surface area contributed by atoms with Crippen LogP contribution in [0.2, 0.25) is 5.02 Å². The summed E-state index contributed by atoms with van der Waals surface area (Å²) in [7, 11) is 3.27. The molecule has 0 radical (unpaired) electrons. The van der Waals surface area contributed by atoms with Crippen molar-refractivity contribution in [3.63, 3.8) is 0 Å². The standard InChI is InChI=1S/C30H37BClN3O6/c1-8-39-28(37)21-15-35(19-9-10-19)26-20(27(21)36)11-12-24(32)22(26)17-38-16-18-13-25(34(6)7)33-14-23(18)31-40-29(2,3)30(4,5)41-31/h11-15,19H,8-10,16-17H2,1-7H3. The number of ether oxygens (including phenoxy) is 2. The highest BCUT2D eigenvalue weighted by Crippen LogP contribution is 2.39. The Morgan fingerprint density at radius 2 is 1.85 bits per heavy atom. The summed E-state index contributed by atoms with van der Waals surface area (Å²) in [5.74, 6) is 0.160. The maximum Gasteiger partial charge on any atom is 0.496 e. The second kappa shape index (κ2) is 11.1. The van der Waals surface area contributed by atoms with Crippen molar-refractivity contribution in [2.75, 3.05) is 25.6 Å². The number of hydrogen-bond donors (Lipinski definition) is 0. The normalized spacial score (nSPS) is 17.7. The molecule has 0 atom stereocenters. The maximum atomic E-state index is 13.4. The number of hydrogen-bond acceptors (Lipinski definition) is 8. The van der Waals surface area contributed by atoms with Crippen molar-refractivity contribution >= 4 is 46.9 Å². The Morgan fingerprint density at radius 3 is 2.46 bits per heavy atom. The Hall–Kier alpha value is -2.92. The van der Waals surface area contributed by atoms with Crippen LogP contribution in [0, 0.1) is 0 Å². The fraction of sp³-hybridized carbons (Fsp3) is 0.500. The van der Waals surface area contributed by atoms with Gasteiger partial charge in [0, 0.05) is 54.0 Å². The van der Waals surface area contributed by atoms with Gasteiger partial charge >= 0.3 is 13.1 Å². The first-order valence-electron chi connectivity index (χ1n) is 14.0. The number of esters is 1. The van der Waals surface area contributed by atoms with Gasteiger partial charge in [0.25, 0.3) is 0 Å². The predicted molar refractivity (Wildman–Crippen MR) is 160 cm³/mol. The summed E-state index contributed by atoms with van der Waals surface area (Å²) in [5, 5.41) is 0.909. The van der Waals surface area contributed by atoms with E-state index in [0.29, 0.717) is 21.5 Å². The predicted octanol–water partition coefficient (Wildman–Crippen LogP) is 4.64. The van der Waals surface area contributed by atoms with Crippen molar-refractivity contribution in [2.24, 2.45) is 0 Å². The van der Waals surface area contributed by atoms with Gasteiger partial charge in [0.05, 0.1) is 36.5 Å². The van der Waals surface area contributed by atoms with Gasteiger partial charge in [-0.25, -0.2) is 9.78 Å². The molecule has 41 heavy (non-hydrogen) atoms. The summed E-state index contributed by atoms with van der Waals surface area (Å²) in [5.41, 5.74) is 1.72. The van der Waals surface area contributed by atoms with Crippen LogP contribution in [0.15, 0.2) is 35.4 Å². The SMILES string of the molecule is CCOC(=O)c1cn(C2CC2)c2c(COCc3cc(N(C)C)ncc3B3OC(C)(C)C(C)(C)O3)c(Cl)ccc2c1=O. The molecule has 3 aromatic rings. The summed E-state index contributed by atoms with van der Waals surface area (Å²) >= 11 is 6.71. The summed E-state index contributed by atoms with van der Waals surface area (Å²) in [6.45, 7) is 10.4. The number of nitrogens with zero attached hydrogens (tertiary/aromatic N) is 3. The number of pyridine rings is 2. The summed E-state index contributed by atoms with van der Waals surface area (Å²) in [6, 6.07) is 5.51. The molecular weight excluding hydrogens is 545 g/mol. The van der Waals surface area contributed by atoms with Gasteiger partial charge in [-0.2, -0.15) is 0 Å². The Balaban J connectivity index is 1.48. The van der Waals surface area contributed by atoms with Gasteiger partial charge in [-0.3, -0.25) is 4.79 Å². The minimum atomic E-state index is -0.619. The third-order valence-electron chi connectivity index (χ3n) is 8.16. The molecule has 3 heterocycles. The van der Waals surface area contributed by atoms with Crippen molar-refractivity contribution in [3.8, 4) is 0 Å². The number of carbonyl (C=O) groups is 1. The van der Waals surface area contributed by atoms with E-state index in [-0.39, 0.29) is 36.9 Å². The minimum absolute atomic E-state index is 0.0282. The lowest BCUT2D eigenvalue weighted by molar-refractivity contribution is 0.00578. The first kappa shape index (κ1) is 29.6. The van der Waals surface area contributed by atoms with Crippen LogP contribution in [-0.2, 0) is 32.0 Å². The molecule has 0 amide bonds. The van der Waals surface area contributed by atoms with E-state index < -0.39 is 24.3 Å². The highest BCUT2D eigenvalue weighted by molar-refractivity contribution is 6.62. The number of aromatic nitrogens is 2. The van der Waals surface area contributed by atoms with Crippen LogP contribution in [0.25, 0.3) is 10.9 Å². The first-order chi connectivity index (χ1) is 19.3. The zero-order valence-corrected chi connectivity index (χ0v) is 25.5. The molecule has 2 aliphatic rings. The van der Waals surface area contributed by atoms with Crippen molar-refractivity contribution in [2.45, 2.75) is 77.9 Å². The van der Waals surface area contributed by atoms with E-state index in [2.05, 4.69) is 4.98 Å². The molecule has 218 valence electrons. The summed E-state index contributed by atoms with van der Waals surface area (Å²) in [4.78, 5) is 32.4. The van der Waals surface area contributed by atoms with Gasteiger partial charge in [-0.05, 0) is 71.2 Å². The van der Waals surface area contributed by atoms with E-state index in [1.54, 1.807) is 31.5 Å². The average molecular weight is 582 g/mol. The number of rotatable bonds is 9. The zero-order valence-electron chi connectivity index (χ0n) is 24.7. The van der Waals surface area contributed by atoms with Crippen LogP contribution in [0.3, 0.4) is 0 Å². The number of carbonyl (C=O) groups excluding carboxylic acids is 1. The molecule has 1 saturated heterocycles. The van der Waals surface area contributed by atoms with E-state index in [1.807, 2.05) is 57.3 Å². The average Bonchev–Trinajstić information content (AvgIpc) is 3.71. The van der Waals surface area contributed by atoms with E-state index in [1.165, 1.54) is 0 Å². The molecular formula is C30H37BClN3O6. The Bertz CT molecular complexity index is 1530. The molecule has 0 unspecified atom stereocenters. The molecule has 1 aromatic carbocycles. The largest absolute Gasteiger partial charge is 0.496 e. The molecule has 1 aliphatic carbocycles. The molecule has 0 N–H and O–H groups in total. The number of fused-ring (bicyclic) bond motifs is 1. The lowest BCUT2D eigenvalue weighted by atomic mass is 9.77. The Kier molecular flexibility index (Phi) is 7.98. The van der Waals surface area contributed by atoms with Crippen LogP contribution in [0.4, 0.5) is 5.82 Å². The van der Waals surface area contributed by atoms with E-state index in [0.717, 1.165) is 29.7 Å². The number of benzene rings is 1. The highest BCUT2D eigenvalue weighted by Gasteiger charge is 2.52. The lowest BCUT2D eigenvalue weighted by Crippen LogP contribution is -2.41. The highest BCUT2D eigenvalue weighted by atomic mass is 35.5. The molecule has 2 fully saturated rings. The molecule has 9 nitrogen and oxygen atoms in total. The van der Waals surface area contributed by atoms with Gasteiger partial charge in [-0.1, -0.05) is 11.6 Å². The van der Waals surface area contributed by atoms with Crippen LogP contribution in [0.1, 0.15) is 75.0 Å². The van der Waals surface area contributed by atoms with Gasteiger partial charge in [0.1, 0.15) is 11.4 Å². The van der Waals surface area contributed by atoms with Crippen LogP contribution in [-0.4, -0.2) is 54.5 Å². The monoisotopic (exact) mass is 581 g/mol.